The van der Waals surface area contributed by atoms with Crippen LogP contribution < -0.4 is 4.74 Å². The predicted octanol–water partition coefficient (Wildman–Crippen LogP) is 5.76. The second-order valence-electron chi connectivity index (χ2n) is 7.14. The van der Waals surface area contributed by atoms with Crippen molar-refractivity contribution in [1.82, 2.24) is 0 Å². The molecule has 2 nitrogen and oxygen atoms in total. The molecule has 1 aromatic carbocycles. The molecule has 0 aromatic heterocycles. The first-order chi connectivity index (χ1) is 12.1. The maximum atomic E-state index is 14.4. The summed E-state index contributed by atoms with van der Waals surface area (Å²) in [5.41, 5.74) is 0.499. The molecule has 2 atom stereocenters. The first-order valence-corrected chi connectivity index (χ1v) is 9.53. The van der Waals surface area contributed by atoms with E-state index >= 15 is 0 Å². The van der Waals surface area contributed by atoms with Gasteiger partial charge in [-0.3, -0.25) is 0 Å². The quantitative estimate of drug-likeness (QED) is 0.629. The third-order valence-electron chi connectivity index (χ3n) is 5.61. The summed E-state index contributed by atoms with van der Waals surface area (Å²) in [7, 11) is 0. The first kappa shape index (κ1) is 18.4. The molecule has 3 rings (SSSR count). The molecule has 0 radical (unpaired) electrons. The van der Waals surface area contributed by atoms with E-state index in [1.165, 1.54) is 0 Å². The van der Waals surface area contributed by atoms with Crippen LogP contribution in [0.15, 0.2) is 24.3 Å². The lowest BCUT2D eigenvalue weighted by Gasteiger charge is -2.32. The lowest BCUT2D eigenvalue weighted by Crippen LogP contribution is -2.26. The summed E-state index contributed by atoms with van der Waals surface area (Å²) in [6, 6.07) is 3.26. The van der Waals surface area contributed by atoms with E-state index in [1.807, 2.05) is 13.0 Å². The van der Waals surface area contributed by atoms with Gasteiger partial charge < -0.3 is 9.47 Å². The highest BCUT2D eigenvalue weighted by molar-refractivity contribution is 5.33. The summed E-state index contributed by atoms with van der Waals surface area (Å²) >= 11 is 0. The Labute approximate surface area is 149 Å². The number of ether oxygens (including phenoxy) is 2. The maximum absolute atomic E-state index is 14.4. The fraction of sp³-hybridized carbons (Fsp3) is 0.619. The van der Waals surface area contributed by atoms with Gasteiger partial charge >= 0.3 is 0 Å². The molecule has 0 spiro atoms. The minimum Gasteiger partial charge on any atom is -0.491 e. The summed E-state index contributed by atoms with van der Waals surface area (Å²) in [6.07, 6.45) is 10.8. The van der Waals surface area contributed by atoms with E-state index in [0.717, 1.165) is 38.5 Å². The van der Waals surface area contributed by atoms with Crippen molar-refractivity contribution in [2.24, 2.45) is 5.92 Å². The topological polar surface area (TPSA) is 18.5 Å². The summed E-state index contributed by atoms with van der Waals surface area (Å²) < 4.78 is 39.8. The predicted molar refractivity (Wildman–Crippen MR) is 94.9 cm³/mol. The molecule has 25 heavy (non-hydrogen) atoms. The molecule has 1 heterocycles. The van der Waals surface area contributed by atoms with Crippen LogP contribution in [0.5, 0.6) is 5.75 Å². The molecule has 1 aliphatic heterocycles. The molecule has 0 bridgehead atoms. The van der Waals surface area contributed by atoms with Crippen LogP contribution in [0.4, 0.5) is 8.78 Å². The highest BCUT2D eigenvalue weighted by Crippen LogP contribution is 2.42. The molecular weight excluding hydrogens is 322 g/mol. The molecule has 2 unspecified atom stereocenters. The largest absolute Gasteiger partial charge is 0.491 e. The molecule has 1 saturated heterocycles. The molecule has 1 aliphatic carbocycles. The number of hydrogen-bond acceptors (Lipinski definition) is 2. The Kier molecular flexibility index (Phi) is 6.10. The van der Waals surface area contributed by atoms with E-state index in [1.54, 1.807) is 19.1 Å². The van der Waals surface area contributed by atoms with Gasteiger partial charge in [-0.15, -0.1) is 0 Å². The Hall–Kier alpha value is -1.42. The highest BCUT2D eigenvalue weighted by Gasteiger charge is 2.34. The summed E-state index contributed by atoms with van der Waals surface area (Å²) in [5, 5.41) is 0. The van der Waals surface area contributed by atoms with Gasteiger partial charge in [-0.1, -0.05) is 18.2 Å². The van der Waals surface area contributed by atoms with E-state index in [9.17, 15) is 8.78 Å². The fourth-order valence-electron chi connectivity index (χ4n) is 4.32. The molecule has 0 amide bonds. The first-order valence-electron chi connectivity index (χ1n) is 9.53. The molecule has 2 aliphatic rings. The van der Waals surface area contributed by atoms with Crippen LogP contribution >= 0.6 is 0 Å². The van der Waals surface area contributed by atoms with Crippen LogP contribution in [0.25, 0.3) is 0 Å². The standard InChI is InChI=1S/C21H28F2O2/c1-3-5-16-10-12-18(25-16)15-8-6-14(7-9-15)17-11-13-19(24-4-2)21(23)20(17)22/h3,5,11,13-16,18H,4,6-10,12H2,1-2H3. The van der Waals surface area contributed by atoms with E-state index in [4.69, 9.17) is 9.47 Å². The van der Waals surface area contributed by atoms with Gasteiger partial charge in [-0.25, -0.2) is 4.39 Å². The number of hydrogen-bond donors (Lipinski definition) is 0. The zero-order valence-electron chi connectivity index (χ0n) is 15.1. The van der Waals surface area contributed by atoms with Crippen LogP contribution in [0, 0.1) is 17.6 Å². The van der Waals surface area contributed by atoms with Gasteiger partial charge in [0.05, 0.1) is 18.8 Å². The summed E-state index contributed by atoms with van der Waals surface area (Å²) in [4.78, 5) is 0. The van der Waals surface area contributed by atoms with E-state index < -0.39 is 11.6 Å². The normalized spacial score (nSPS) is 30.1. The van der Waals surface area contributed by atoms with Crippen LogP contribution in [0.3, 0.4) is 0 Å². The number of benzene rings is 1. The van der Waals surface area contributed by atoms with Crippen molar-refractivity contribution in [3.05, 3.63) is 41.5 Å². The average Bonchev–Trinajstić information content (AvgIpc) is 3.09. The summed E-state index contributed by atoms with van der Waals surface area (Å²) in [5.74, 6) is -0.947. The van der Waals surface area contributed by atoms with Crippen molar-refractivity contribution < 1.29 is 18.3 Å². The molecule has 2 fully saturated rings. The number of halogens is 2. The Bertz CT molecular complexity index is 606. The van der Waals surface area contributed by atoms with E-state index in [-0.39, 0.29) is 17.8 Å². The van der Waals surface area contributed by atoms with Gasteiger partial charge in [0.2, 0.25) is 5.82 Å². The van der Waals surface area contributed by atoms with Gasteiger partial charge in [-0.2, -0.15) is 4.39 Å². The van der Waals surface area contributed by atoms with Crippen molar-refractivity contribution in [1.29, 1.82) is 0 Å². The Morgan fingerprint density at radius 3 is 2.52 bits per heavy atom. The summed E-state index contributed by atoms with van der Waals surface area (Å²) in [6.45, 7) is 4.11. The Morgan fingerprint density at radius 2 is 1.84 bits per heavy atom. The number of allylic oxidation sites excluding steroid dienone is 1. The lowest BCUT2D eigenvalue weighted by molar-refractivity contribution is 0.0174. The van der Waals surface area contributed by atoms with Crippen molar-refractivity contribution >= 4 is 0 Å². The van der Waals surface area contributed by atoms with Crippen LogP contribution in [0.2, 0.25) is 0 Å². The van der Waals surface area contributed by atoms with Gasteiger partial charge in [0.15, 0.2) is 11.6 Å². The minimum absolute atomic E-state index is 0.00631. The van der Waals surface area contributed by atoms with Gasteiger partial charge in [0.25, 0.3) is 0 Å². The van der Waals surface area contributed by atoms with Crippen molar-refractivity contribution in [3.8, 4) is 5.75 Å². The molecule has 1 saturated carbocycles. The third kappa shape index (κ3) is 4.05. The number of rotatable bonds is 5. The zero-order chi connectivity index (χ0) is 17.8. The van der Waals surface area contributed by atoms with Crippen molar-refractivity contribution in [2.45, 2.75) is 70.5 Å². The van der Waals surface area contributed by atoms with Gasteiger partial charge in [0.1, 0.15) is 0 Å². The van der Waals surface area contributed by atoms with Crippen LogP contribution in [0.1, 0.15) is 63.9 Å². The zero-order valence-corrected chi connectivity index (χ0v) is 15.1. The second-order valence-corrected chi connectivity index (χ2v) is 7.14. The fourth-order valence-corrected chi connectivity index (χ4v) is 4.32. The van der Waals surface area contributed by atoms with E-state index in [2.05, 4.69) is 6.08 Å². The Balaban J connectivity index is 1.60. The monoisotopic (exact) mass is 350 g/mol. The molecular formula is C21H28F2O2. The molecule has 4 heteroatoms. The third-order valence-corrected chi connectivity index (χ3v) is 5.61. The van der Waals surface area contributed by atoms with Crippen molar-refractivity contribution in [2.75, 3.05) is 6.61 Å². The van der Waals surface area contributed by atoms with Crippen LogP contribution in [-0.2, 0) is 4.74 Å². The molecule has 138 valence electrons. The second kappa shape index (κ2) is 8.31. The highest BCUT2D eigenvalue weighted by atomic mass is 19.2. The SMILES string of the molecule is CC=CC1CCC(C2CCC(c3ccc(OCC)c(F)c3F)CC2)O1. The Morgan fingerprint density at radius 1 is 1.08 bits per heavy atom. The molecule has 0 N–H and O–H groups in total. The minimum atomic E-state index is -0.852. The average molecular weight is 350 g/mol. The molecule has 1 aromatic rings. The van der Waals surface area contributed by atoms with Crippen LogP contribution in [-0.4, -0.2) is 18.8 Å². The van der Waals surface area contributed by atoms with Gasteiger partial charge in [-0.05, 0) is 75.8 Å². The van der Waals surface area contributed by atoms with Gasteiger partial charge in [0, 0.05) is 0 Å². The van der Waals surface area contributed by atoms with Crippen molar-refractivity contribution in [3.63, 3.8) is 0 Å². The van der Waals surface area contributed by atoms with E-state index in [0.29, 0.717) is 24.2 Å². The smallest absolute Gasteiger partial charge is 0.200 e. The lowest BCUT2D eigenvalue weighted by atomic mass is 9.76. The maximum Gasteiger partial charge on any atom is 0.200 e.